The Morgan fingerprint density at radius 1 is 1.17 bits per heavy atom. The van der Waals surface area contributed by atoms with Gasteiger partial charge in [0, 0.05) is 58.3 Å². The van der Waals surface area contributed by atoms with Crippen molar-refractivity contribution in [2.45, 2.75) is 36.4 Å². The number of likely N-dealkylation sites (N-methyl/N-ethyl adjacent to an activating group) is 1. The van der Waals surface area contributed by atoms with Crippen LogP contribution in [-0.4, -0.2) is 105 Å². The number of rotatable bonds is 0. The van der Waals surface area contributed by atoms with Crippen LogP contribution in [0.3, 0.4) is 0 Å². The zero-order chi connectivity index (χ0) is 30.4. The van der Waals surface area contributed by atoms with Gasteiger partial charge in [0.15, 0.2) is 5.60 Å². The lowest BCUT2D eigenvalue weighted by atomic mass is 9.95. The second-order valence-electron chi connectivity index (χ2n) is 10.3. The minimum absolute atomic E-state index is 0.0280. The number of alkyl halides is 3. The van der Waals surface area contributed by atoms with Crippen molar-refractivity contribution in [1.29, 1.82) is 0 Å². The molecule has 41 heavy (non-hydrogen) atoms. The summed E-state index contributed by atoms with van der Waals surface area (Å²) in [5.41, 5.74) is -0.680. The Labute approximate surface area is 236 Å². The Morgan fingerprint density at radius 3 is 2.51 bits per heavy atom. The molecule has 3 aliphatic rings. The lowest BCUT2D eigenvalue weighted by Gasteiger charge is -2.38. The van der Waals surface area contributed by atoms with E-state index in [4.69, 9.17) is 14.6 Å². The number of nitrogens with zero attached hydrogens (tertiary/aromatic N) is 2. The van der Waals surface area contributed by atoms with Gasteiger partial charge in [0.1, 0.15) is 0 Å². The summed E-state index contributed by atoms with van der Waals surface area (Å²) in [6, 6.07) is 6.12. The summed E-state index contributed by atoms with van der Waals surface area (Å²) in [6.45, 7) is 5.59. The van der Waals surface area contributed by atoms with E-state index < -0.39 is 27.8 Å². The second kappa shape index (κ2) is 13.3. The van der Waals surface area contributed by atoms with E-state index in [0.29, 0.717) is 57.2 Å². The number of benzene rings is 1. The average molecular weight is 605 g/mol. The molecule has 15 heteroatoms. The molecule has 0 aromatic heterocycles. The van der Waals surface area contributed by atoms with Gasteiger partial charge >= 0.3 is 12.1 Å². The van der Waals surface area contributed by atoms with E-state index in [9.17, 15) is 31.2 Å². The first-order chi connectivity index (χ1) is 19.2. The van der Waals surface area contributed by atoms with Crippen molar-refractivity contribution < 1.29 is 45.8 Å². The molecule has 3 atom stereocenters. The molecule has 3 heterocycles. The molecule has 0 radical (unpaired) electrons. The van der Waals surface area contributed by atoms with Gasteiger partial charge < -0.3 is 25.4 Å². The summed E-state index contributed by atoms with van der Waals surface area (Å²) < 4.78 is 65.1. The van der Waals surface area contributed by atoms with Gasteiger partial charge in [0.05, 0.1) is 11.5 Å². The first-order valence-corrected chi connectivity index (χ1v) is 14.5. The average Bonchev–Trinajstić information content (AvgIpc) is 3.30. The van der Waals surface area contributed by atoms with Crippen LogP contribution in [0.1, 0.15) is 30.1 Å². The van der Waals surface area contributed by atoms with Crippen molar-refractivity contribution in [2.24, 2.45) is 11.8 Å². The molecule has 228 valence electrons. The Kier molecular flexibility index (Phi) is 10.6. The van der Waals surface area contributed by atoms with Crippen LogP contribution < -0.4 is 10.6 Å². The van der Waals surface area contributed by atoms with Gasteiger partial charge in [-0.1, -0.05) is 25.1 Å². The number of carboxylic acids is 1. The van der Waals surface area contributed by atoms with Crippen molar-refractivity contribution in [3.63, 3.8) is 0 Å². The number of morpholine rings is 1. The molecule has 3 N–H and O–H groups in total. The number of halogens is 3. The zero-order valence-electron chi connectivity index (χ0n) is 22.8. The number of fused-ring (bicyclic) bond motifs is 4. The Morgan fingerprint density at radius 2 is 1.88 bits per heavy atom. The van der Waals surface area contributed by atoms with Gasteiger partial charge in [0.2, 0.25) is 10.0 Å². The van der Waals surface area contributed by atoms with Crippen LogP contribution in [0.5, 0.6) is 0 Å². The number of nitrogens with one attached hydrogen (secondary N) is 2. The van der Waals surface area contributed by atoms with Gasteiger partial charge in [-0.2, -0.15) is 17.5 Å². The molecule has 1 spiro atoms. The predicted octanol–water partition coefficient (Wildman–Crippen LogP) is 1.47. The lowest BCUT2D eigenvalue weighted by Crippen LogP contribution is -2.59. The number of hydrogen-bond donors (Lipinski definition) is 3. The highest BCUT2D eigenvalue weighted by Gasteiger charge is 2.46. The summed E-state index contributed by atoms with van der Waals surface area (Å²) in [4.78, 5) is 37.1. The van der Waals surface area contributed by atoms with E-state index in [1.165, 1.54) is 23.5 Å². The molecule has 4 rings (SSSR count). The number of carboxylic acid groups (broad SMARTS) is 1. The lowest BCUT2D eigenvalue weighted by molar-refractivity contribution is -0.192. The molecule has 1 aromatic carbocycles. The zero-order valence-corrected chi connectivity index (χ0v) is 23.6. The maximum absolute atomic E-state index is 13.6. The normalized spacial score (nSPS) is 28.6. The summed E-state index contributed by atoms with van der Waals surface area (Å²) >= 11 is 0. The first-order valence-electron chi connectivity index (χ1n) is 13.1. The molecular formula is C26H35F3N4O7S. The molecule has 3 aliphatic heterocycles. The summed E-state index contributed by atoms with van der Waals surface area (Å²) in [5, 5.41) is 13.3. The Bertz CT molecular complexity index is 1250. The molecule has 2 amide bonds. The molecular weight excluding hydrogens is 569 g/mol. The van der Waals surface area contributed by atoms with E-state index in [1.807, 2.05) is 11.0 Å². The smallest absolute Gasteiger partial charge is 0.475 e. The molecule has 0 aliphatic carbocycles. The maximum atomic E-state index is 13.6. The van der Waals surface area contributed by atoms with Gasteiger partial charge in [0.25, 0.3) is 11.8 Å². The van der Waals surface area contributed by atoms with Crippen molar-refractivity contribution in [3.05, 3.63) is 42.0 Å². The number of carbonyl (C=O) groups is 3. The van der Waals surface area contributed by atoms with Gasteiger partial charge in [-0.25, -0.2) is 13.2 Å². The van der Waals surface area contributed by atoms with Crippen molar-refractivity contribution in [3.8, 4) is 0 Å². The number of sulfonamides is 1. The minimum Gasteiger partial charge on any atom is -0.475 e. The topological polar surface area (TPSA) is 145 Å². The number of hydrogen-bond acceptors (Lipinski definition) is 7. The maximum Gasteiger partial charge on any atom is 0.490 e. The number of amides is 2. The first kappa shape index (κ1) is 32.5. The van der Waals surface area contributed by atoms with E-state index in [2.05, 4.69) is 17.6 Å². The molecule has 0 saturated carbocycles. The van der Waals surface area contributed by atoms with Crippen LogP contribution in [0.15, 0.2) is 41.3 Å². The largest absolute Gasteiger partial charge is 0.490 e. The quantitative estimate of drug-likeness (QED) is 0.378. The Balaban J connectivity index is 0.000000587. The van der Waals surface area contributed by atoms with Crippen molar-refractivity contribution in [2.75, 3.05) is 52.9 Å². The minimum atomic E-state index is -5.08. The summed E-state index contributed by atoms with van der Waals surface area (Å²) in [7, 11) is -2.28. The molecule has 2 fully saturated rings. The summed E-state index contributed by atoms with van der Waals surface area (Å²) in [6.07, 6.45) is -0.391. The predicted molar refractivity (Wildman–Crippen MR) is 141 cm³/mol. The molecule has 1 unspecified atom stereocenters. The van der Waals surface area contributed by atoms with Gasteiger partial charge in [-0.3, -0.25) is 9.59 Å². The van der Waals surface area contributed by atoms with E-state index >= 15 is 0 Å². The van der Waals surface area contributed by atoms with Crippen LogP contribution in [0, 0.1) is 11.8 Å². The van der Waals surface area contributed by atoms with Gasteiger partial charge in [-0.15, -0.1) is 0 Å². The molecule has 1 aromatic rings. The third-order valence-corrected chi connectivity index (χ3v) is 9.16. The monoisotopic (exact) mass is 604 g/mol. The highest BCUT2D eigenvalue weighted by atomic mass is 32.2. The second-order valence-corrected chi connectivity index (χ2v) is 12.3. The van der Waals surface area contributed by atoms with E-state index in [-0.39, 0.29) is 29.2 Å². The third kappa shape index (κ3) is 8.05. The van der Waals surface area contributed by atoms with Gasteiger partial charge in [-0.05, 0) is 36.5 Å². The summed E-state index contributed by atoms with van der Waals surface area (Å²) in [5.74, 6) is -2.51. The van der Waals surface area contributed by atoms with Crippen LogP contribution in [0.25, 0.3) is 0 Å². The van der Waals surface area contributed by atoms with E-state index in [1.54, 1.807) is 18.2 Å². The van der Waals surface area contributed by atoms with Crippen LogP contribution in [-0.2, 0) is 24.3 Å². The van der Waals surface area contributed by atoms with Crippen molar-refractivity contribution in [1.82, 2.24) is 19.8 Å². The Hall–Kier alpha value is -3.01. The standard InChI is InChI=1S/C24H34N4O5S.C2HF3O2/c1-18-15-28-16-20(18)8-10-26-22(29)19-6-5-7-21(14-19)34(31,32)27(2)12-4-3-9-24(23(28)30)17-25-11-13-33-24;3-2(4,5)1(6)7/h3-7,14,18,20,25H,8-13,15-17H2,1-2H3,(H,26,29);(H,6,7)/b4-3+;/t18-,20-,24?;/m1./s1. The SMILES string of the molecule is C[C@@H]1CN2C[C@H]1CCNC(=O)c1cccc(c1)S(=O)(=O)N(C)C/C=C/CC1(CNCCO1)C2=O.O=C(O)C(F)(F)F. The molecule has 2 saturated heterocycles. The van der Waals surface area contributed by atoms with Crippen molar-refractivity contribution >= 4 is 27.8 Å². The van der Waals surface area contributed by atoms with Crippen LogP contribution >= 0.6 is 0 Å². The number of ether oxygens (including phenoxy) is 1. The fourth-order valence-electron chi connectivity index (χ4n) is 4.93. The third-order valence-electron chi connectivity index (χ3n) is 7.34. The molecule has 4 bridgehead atoms. The fourth-order valence-corrected chi connectivity index (χ4v) is 6.09. The van der Waals surface area contributed by atoms with E-state index in [0.717, 1.165) is 6.42 Å². The highest BCUT2D eigenvalue weighted by Crippen LogP contribution is 2.31. The number of aliphatic carboxylic acids is 1. The van der Waals surface area contributed by atoms with Crippen LogP contribution in [0.4, 0.5) is 13.2 Å². The highest BCUT2D eigenvalue weighted by molar-refractivity contribution is 7.89. The van der Waals surface area contributed by atoms with Crippen LogP contribution in [0.2, 0.25) is 0 Å². The fraction of sp³-hybridized carbons (Fsp3) is 0.577. The number of carbonyl (C=O) groups excluding carboxylic acids is 2. The molecule has 11 nitrogen and oxygen atoms in total.